The molecule has 170 valence electrons. The minimum atomic E-state index is -3.43. The van der Waals surface area contributed by atoms with Crippen molar-refractivity contribution in [2.24, 2.45) is 4.99 Å². The summed E-state index contributed by atoms with van der Waals surface area (Å²) in [4.78, 5) is 29.4. The number of fused-ring (bicyclic) bond motifs is 1. The molecule has 0 bridgehead atoms. The van der Waals surface area contributed by atoms with Crippen molar-refractivity contribution in [1.29, 1.82) is 0 Å². The number of nitrogens with zero attached hydrogens (tertiary/aromatic N) is 2. The number of rotatable bonds is 7. The number of carbonyl (C=O) groups excluding carboxylic acids is 2. The second-order valence-electron chi connectivity index (χ2n) is 7.14. The van der Waals surface area contributed by atoms with Crippen molar-refractivity contribution in [3.05, 3.63) is 52.8 Å². The van der Waals surface area contributed by atoms with Crippen molar-refractivity contribution >= 4 is 43.3 Å². The van der Waals surface area contributed by atoms with E-state index in [1.807, 2.05) is 13.0 Å². The normalized spacial score (nSPS) is 12.3. The van der Waals surface area contributed by atoms with Crippen molar-refractivity contribution in [2.45, 2.75) is 37.5 Å². The maximum Gasteiger partial charge on any atom is 0.325 e. The summed E-state index contributed by atoms with van der Waals surface area (Å²) in [5, 5.41) is -0.564. The van der Waals surface area contributed by atoms with Gasteiger partial charge in [0.25, 0.3) is 5.91 Å². The highest BCUT2D eigenvalue weighted by molar-refractivity contribution is 7.92. The summed E-state index contributed by atoms with van der Waals surface area (Å²) in [6.07, 6.45) is 0. The molecule has 0 aliphatic carbocycles. The average Bonchev–Trinajstić information content (AvgIpc) is 3.09. The highest BCUT2D eigenvalue weighted by atomic mass is 32.2. The summed E-state index contributed by atoms with van der Waals surface area (Å²) >= 11 is 1.24. The van der Waals surface area contributed by atoms with E-state index in [1.54, 1.807) is 30.5 Å². The number of thiazole rings is 1. The maximum absolute atomic E-state index is 12.8. The summed E-state index contributed by atoms with van der Waals surface area (Å²) in [5.41, 5.74) is 0.957. The number of ether oxygens (including phenoxy) is 2. The van der Waals surface area contributed by atoms with Gasteiger partial charge in [-0.15, -0.1) is 0 Å². The van der Waals surface area contributed by atoms with Crippen molar-refractivity contribution in [1.82, 2.24) is 4.57 Å². The van der Waals surface area contributed by atoms with E-state index in [9.17, 15) is 18.0 Å². The van der Waals surface area contributed by atoms with Crippen molar-refractivity contribution < 1.29 is 27.5 Å². The number of amides is 1. The Kier molecular flexibility index (Phi) is 7.15. The highest BCUT2D eigenvalue weighted by Gasteiger charge is 2.19. The first-order chi connectivity index (χ1) is 15.2. The lowest BCUT2D eigenvalue weighted by atomic mass is 10.2. The van der Waals surface area contributed by atoms with Crippen molar-refractivity contribution in [3.8, 4) is 5.75 Å². The Hall–Kier alpha value is -2.98. The van der Waals surface area contributed by atoms with E-state index in [4.69, 9.17) is 9.47 Å². The molecule has 0 saturated carbocycles. The second kappa shape index (κ2) is 9.66. The van der Waals surface area contributed by atoms with E-state index in [0.717, 1.165) is 4.70 Å². The van der Waals surface area contributed by atoms with Gasteiger partial charge in [0.2, 0.25) is 0 Å². The van der Waals surface area contributed by atoms with Crippen LogP contribution in [0.4, 0.5) is 0 Å². The molecule has 0 atom stereocenters. The Labute approximate surface area is 190 Å². The fourth-order valence-electron chi connectivity index (χ4n) is 2.95. The van der Waals surface area contributed by atoms with E-state index >= 15 is 0 Å². The molecule has 0 fully saturated rings. The molecule has 0 radical (unpaired) electrons. The van der Waals surface area contributed by atoms with E-state index in [1.165, 1.54) is 42.7 Å². The quantitative estimate of drug-likeness (QED) is 0.485. The molecule has 0 N–H and O–H groups in total. The number of benzene rings is 2. The van der Waals surface area contributed by atoms with Gasteiger partial charge < -0.3 is 14.0 Å². The van der Waals surface area contributed by atoms with Gasteiger partial charge in [0.05, 0.1) is 34.1 Å². The molecule has 1 amide bonds. The number of hydrogen-bond acceptors (Lipinski definition) is 7. The van der Waals surface area contributed by atoms with Gasteiger partial charge in [0.15, 0.2) is 14.6 Å². The van der Waals surface area contributed by atoms with Crippen molar-refractivity contribution in [2.75, 3.05) is 13.7 Å². The molecule has 1 heterocycles. The van der Waals surface area contributed by atoms with Gasteiger partial charge in [-0.2, -0.15) is 4.99 Å². The number of esters is 1. The van der Waals surface area contributed by atoms with E-state index in [0.29, 0.717) is 22.7 Å². The summed E-state index contributed by atoms with van der Waals surface area (Å²) in [7, 11) is -2.14. The molecule has 10 heteroatoms. The first-order valence-electron chi connectivity index (χ1n) is 9.93. The molecule has 0 spiro atoms. The smallest absolute Gasteiger partial charge is 0.325 e. The Morgan fingerprint density at radius 3 is 2.41 bits per heavy atom. The molecular formula is C22H24N2O6S2. The SMILES string of the molecule is CCOc1ccc2c(c1)sc(=NC(=O)c1ccc(S(=O)(=O)C(C)C)cc1)n2CC(=O)OC. The fraction of sp³-hybridized carbons (Fsp3) is 0.318. The van der Waals surface area contributed by atoms with E-state index in [2.05, 4.69) is 4.99 Å². The zero-order valence-corrected chi connectivity index (χ0v) is 19.8. The summed E-state index contributed by atoms with van der Waals surface area (Å²) < 4.78 is 37.3. The lowest BCUT2D eigenvalue weighted by Crippen LogP contribution is -2.22. The molecule has 0 unspecified atom stereocenters. The molecule has 8 nitrogen and oxygen atoms in total. The van der Waals surface area contributed by atoms with Gasteiger partial charge in [0, 0.05) is 5.56 Å². The van der Waals surface area contributed by atoms with Gasteiger partial charge in [-0.1, -0.05) is 11.3 Å². The molecule has 2 aromatic carbocycles. The molecule has 0 aliphatic heterocycles. The number of hydrogen-bond donors (Lipinski definition) is 0. The monoisotopic (exact) mass is 476 g/mol. The van der Waals surface area contributed by atoms with Gasteiger partial charge in [-0.25, -0.2) is 8.42 Å². The van der Waals surface area contributed by atoms with Crippen molar-refractivity contribution in [3.63, 3.8) is 0 Å². The third-order valence-electron chi connectivity index (χ3n) is 4.73. The van der Waals surface area contributed by atoms with Crippen LogP contribution in [0.3, 0.4) is 0 Å². The van der Waals surface area contributed by atoms with Gasteiger partial charge in [-0.05, 0) is 63.2 Å². The highest BCUT2D eigenvalue weighted by Crippen LogP contribution is 2.24. The second-order valence-corrected chi connectivity index (χ2v) is 10.7. The molecule has 0 saturated heterocycles. The molecule has 0 aliphatic rings. The van der Waals surface area contributed by atoms with E-state index < -0.39 is 27.0 Å². The van der Waals surface area contributed by atoms with Gasteiger partial charge in [-0.3, -0.25) is 9.59 Å². The van der Waals surface area contributed by atoms with Gasteiger partial charge >= 0.3 is 5.97 Å². The van der Waals surface area contributed by atoms with Crippen LogP contribution in [0.2, 0.25) is 0 Å². The van der Waals surface area contributed by atoms with E-state index in [-0.39, 0.29) is 17.0 Å². The van der Waals surface area contributed by atoms with Crippen LogP contribution >= 0.6 is 11.3 Å². The number of aromatic nitrogens is 1. The topological polar surface area (TPSA) is 104 Å². The largest absolute Gasteiger partial charge is 0.494 e. The summed E-state index contributed by atoms with van der Waals surface area (Å²) in [5.74, 6) is -0.351. The van der Waals surface area contributed by atoms with Crippen LogP contribution in [0, 0.1) is 0 Å². The predicted molar refractivity (Wildman–Crippen MR) is 122 cm³/mol. The Morgan fingerprint density at radius 2 is 1.81 bits per heavy atom. The third kappa shape index (κ3) is 4.91. The van der Waals surface area contributed by atoms with Crippen LogP contribution in [-0.4, -0.2) is 43.8 Å². The van der Waals surface area contributed by atoms with Crippen LogP contribution in [-0.2, 0) is 25.9 Å². The predicted octanol–water partition coefficient (Wildman–Crippen LogP) is 3.20. The van der Waals surface area contributed by atoms with Crippen LogP contribution in [0.15, 0.2) is 52.4 Å². The fourth-order valence-corrected chi connectivity index (χ4v) is 5.07. The van der Waals surface area contributed by atoms with Crippen LogP contribution in [0.1, 0.15) is 31.1 Å². The zero-order valence-electron chi connectivity index (χ0n) is 18.2. The maximum atomic E-state index is 12.8. The lowest BCUT2D eigenvalue weighted by Gasteiger charge is -2.07. The average molecular weight is 477 g/mol. The molecule has 3 rings (SSSR count). The molecular weight excluding hydrogens is 452 g/mol. The first-order valence-corrected chi connectivity index (χ1v) is 12.3. The number of carbonyl (C=O) groups is 2. The Balaban J connectivity index is 2.04. The van der Waals surface area contributed by atoms with Crippen LogP contribution in [0.5, 0.6) is 5.75 Å². The molecule has 1 aromatic heterocycles. The zero-order chi connectivity index (χ0) is 23.5. The minimum Gasteiger partial charge on any atom is -0.494 e. The number of sulfone groups is 1. The van der Waals surface area contributed by atoms with Crippen LogP contribution < -0.4 is 9.54 Å². The first kappa shape index (κ1) is 23.7. The third-order valence-corrected chi connectivity index (χ3v) is 7.94. The molecule has 3 aromatic rings. The van der Waals surface area contributed by atoms with Crippen LogP contribution in [0.25, 0.3) is 10.2 Å². The number of methoxy groups -OCH3 is 1. The van der Waals surface area contributed by atoms with Gasteiger partial charge in [0.1, 0.15) is 12.3 Å². The summed E-state index contributed by atoms with van der Waals surface area (Å²) in [6.45, 7) is 5.48. The molecule has 32 heavy (non-hydrogen) atoms. The lowest BCUT2D eigenvalue weighted by molar-refractivity contribution is -0.141. The Bertz CT molecular complexity index is 1320. The minimum absolute atomic E-state index is 0.109. The summed E-state index contributed by atoms with van der Waals surface area (Å²) in [6, 6.07) is 11.1. The standard InChI is InChI=1S/C22H24N2O6S2/c1-5-30-16-8-11-18-19(12-16)31-22(24(18)13-20(25)29-4)23-21(26)15-6-9-17(10-7-15)32(27,28)14(2)3/h6-12,14H,5,13H2,1-4H3. The Morgan fingerprint density at radius 1 is 1.12 bits per heavy atom.